The summed E-state index contributed by atoms with van der Waals surface area (Å²) >= 11 is 0. The van der Waals surface area contributed by atoms with Crippen LogP contribution in [0.4, 0.5) is 5.69 Å². The van der Waals surface area contributed by atoms with Crippen LogP contribution in [0.5, 0.6) is 17.5 Å². The topological polar surface area (TPSA) is 113 Å². The Bertz CT molecular complexity index is 1150. The Morgan fingerprint density at radius 3 is 2.65 bits per heavy atom. The summed E-state index contributed by atoms with van der Waals surface area (Å²) in [5.41, 5.74) is 1.53. The number of nitrogens with zero attached hydrogens (tertiary/aromatic N) is 5. The van der Waals surface area contributed by atoms with E-state index in [0.717, 1.165) is 5.69 Å². The Hall–Kier alpha value is -3.70. The summed E-state index contributed by atoms with van der Waals surface area (Å²) in [6, 6.07) is 14.3. The lowest BCUT2D eigenvalue weighted by Gasteiger charge is -2.18. The molecule has 2 fully saturated rings. The van der Waals surface area contributed by atoms with Crippen LogP contribution in [-0.4, -0.2) is 78.8 Å². The molecule has 2 aliphatic heterocycles. The summed E-state index contributed by atoms with van der Waals surface area (Å²) < 4.78 is 24.7. The Morgan fingerprint density at radius 1 is 1.09 bits per heavy atom. The van der Waals surface area contributed by atoms with Crippen molar-refractivity contribution in [2.45, 2.75) is 24.3 Å². The molecule has 2 aliphatic rings. The minimum absolute atomic E-state index is 0.198. The monoisotopic (exact) mass is 466 g/mol. The largest absolute Gasteiger partial charge is 0.497 e. The van der Waals surface area contributed by atoms with Crippen molar-refractivity contribution in [3.8, 4) is 17.5 Å². The highest BCUT2D eigenvalue weighted by molar-refractivity contribution is 5.94. The lowest BCUT2D eigenvalue weighted by molar-refractivity contribution is 0.0606. The molecule has 0 bridgehead atoms. The van der Waals surface area contributed by atoms with Crippen molar-refractivity contribution in [2.75, 3.05) is 39.3 Å². The van der Waals surface area contributed by atoms with Gasteiger partial charge < -0.3 is 29.2 Å². The van der Waals surface area contributed by atoms with E-state index in [9.17, 15) is 4.79 Å². The zero-order valence-electron chi connectivity index (χ0n) is 19.1. The van der Waals surface area contributed by atoms with Gasteiger partial charge in [0, 0.05) is 31.4 Å². The molecular weight excluding hydrogens is 440 g/mol. The summed E-state index contributed by atoms with van der Waals surface area (Å²) in [5, 5.41) is 15.0. The van der Waals surface area contributed by atoms with Crippen LogP contribution in [0.15, 0.2) is 48.5 Å². The van der Waals surface area contributed by atoms with E-state index < -0.39 is 0 Å². The standard InChI is InChI=1S/C23H26N6O5/c1-28(2)15-5-4-6-17(11-15)34-23-25-26-27-29(23)19-13-33-20-18(12-32-21(19)20)24-22(30)14-7-9-16(31-3)10-8-14/h4-11,18-21H,12-13H2,1-3H3,(H,24,30)/t18-,19-,20+,21+/m0/s1. The molecule has 1 amide bonds. The molecule has 5 rings (SSSR count). The highest BCUT2D eigenvalue weighted by atomic mass is 16.6. The van der Waals surface area contributed by atoms with E-state index in [-0.39, 0.29) is 36.2 Å². The molecule has 178 valence electrons. The first-order valence-corrected chi connectivity index (χ1v) is 10.9. The molecule has 4 atom stereocenters. The van der Waals surface area contributed by atoms with Gasteiger partial charge in [0.25, 0.3) is 5.91 Å². The number of tetrazole rings is 1. The number of aromatic nitrogens is 4. The molecule has 0 saturated carbocycles. The van der Waals surface area contributed by atoms with E-state index >= 15 is 0 Å². The van der Waals surface area contributed by atoms with E-state index in [0.29, 0.717) is 30.3 Å². The minimum atomic E-state index is -0.319. The number of carbonyl (C=O) groups is 1. The van der Waals surface area contributed by atoms with Gasteiger partial charge >= 0.3 is 6.01 Å². The van der Waals surface area contributed by atoms with Crippen molar-refractivity contribution in [2.24, 2.45) is 0 Å². The maximum absolute atomic E-state index is 12.7. The van der Waals surface area contributed by atoms with Crippen LogP contribution < -0.4 is 19.7 Å². The predicted octanol–water partition coefficient (Wildman–Crippen LogP) is 1.68. The number of hydrogen-bond acceptors (Lipinski definition) is 9. The molecule has 2 saturated heterocycles. The van der Waals surface area contributed by atoms with Gasteiger partial charge in [-0.25, -0.2) is 0 Å². The van der Waals surface area contributed by atoms with Crippen molar-refractivity contribution in [3.63, 3.8) is 0 Å². The van der Waals surface area contributed by atoms with Crippen molar-refractivity contribution in [1.29, 1.82) is 0 Å². The maximum Gasteiger partial charge on any atom is 0.341 e. The number of methoxy groups -OCH3 is 1. The molecule has 1 N–H and O–H groups in total. The fourth-order valence-electron chi connectivity index (χ4n) is 4.20. The number of benzene rings is 2. The SMILES string of the molecule is COc1ccc(C(=O)N[C@H]2CO[C@H]3[C@@H]2OC[C@@H]3n2nnnc2Oc2cccc(N(C)C)c2)cc1. The maximum atomic E-state index is 12.7. The summed E-state index contributed by atoms with van der Waals surface area (Å²) in [4.78, 5) is 14.7. The quantitative estimate of drug-likeness (QED) is 0.556. The number of carbonyl (C=O) groups excluding carboxylic acids is 1. The number of nitrogens with one attached hydrogen (secondary N) is 1. The molecule has 0 unspecified atom stereocenters. The zero-order valence-corrected chi connectivity index (χ0v) is 19.1. The lowest BCUT2D eigenvalue weighted by atomic mass is 10.1. The molecule has 2 aromatic carbocycles. The minimum Gasteiger partial charge on any atom is -0.497 e. The third-order valence-corrected chi connectivity index (χ3v) is 6.02. The second-order valence-electron chi connectivity index (χ2n) is 8.37. The predicted molar refractivity (Wildman–Crippen MR) is 121 cm³/mol. The molecule has 0 radical (unpaired) electrons. The molecule has 1 aromatic heterocycles. The second-order valence-corrected chi connectivity index (χ2v) is 8.37. The number of ether oxygens (including phenoxy) is 4. The van der Waals surface area contributed by atoms with Crippen molar-refractivity contribution in [3.05, 3.63) is 54.1 Å². The third kappa shape index (κ3) is 4.27. The summed E-state index contributed by atoms with van der Waals surface area (Å²) in [7, 11) is 5.50. The fraction of sp³-hybridized carbons (Fsp3) is 0.391. The number of anilines is 1. The Labute approximate surface area is 196 Å². The van der Waals surface area contributed by atoms with Crippen LogP contribution in [0, 0.1) is 0 Å². The van der Waals surface area contributed by atoms with Crippen LogP contribution in [0.3, 0.4) is 0 Å². The average molecular weight is 466 g/mol. The summed E-state index contributed by atoms with van der Waals surface area (Å²) in [6.45, 7) is 0.667. The van der Waals surface area contributed by atoms with Gasteiger partial charge in [0.15, 0.2) is 0 Å². The summed E-state index contributed by atoms with van der Waals surface area (Å²) in [5.74, 6) is 1.11. The van der Waals surface area contributed by atoms with Gasteiger partial charge in [-0.1, -0.05) is 11.2 Å². The zero-order chi connectivity index (χ0) is 23.7. The molecule has 0 spiro atoms. The highest BCUT2D eigenvalue weighted by Crippen LogP contribution is 2.36. The van der Waals surface area contributed by atoms with Gasteiger partial charge in [-0.3, -0.25) is 4.79 Å². The van der Waals surface area contributed by atoms with Crippen LogP contribution in [0.25, 0.3) is 0 Å². The normalized spacial score (nSPS) is 23.4. The van der Waals surface area contributed by atoms with Crippen molar-refractivity contribution >= 4 is 11.6 Å². The van der Waals surface area contributed by atoms with Gasteiger partial charge in [-0.2, -0.15) is 4.68 Å². The fourth-order valence-corrected chi connectivity index (χ4v) is 4.20. The molecule has 3 aromatic rings. The lowest BCUT2D eigenvalue weighted by Crippen LogP contribution is -2.44. The first kappa shape index (κ1) is 22.1. The van der Waals surface area contributed by atoms with Crippen LogP contribution in [0.1, 0.15) is 16.4 Å². The van der Waals surface area contributed by atoms with Gasteiger partial charge in [-0.15, -0.1) is 0 Å². The van der Waals surface area contributed by atoms with Gasteiger partial charge in [-0.05, 0) is 46.8 Å². The average Bonchev–Trinajstić information content (AvgIpc) is 3.57. The summed E-state index contributed by atoms with van der Waals surface area (Å²) in [6.07, 6.45) is -0.638. The van der Waals surface area contributed by atoms with Gasteiger partial charge in [0.1, 0.15) is 29.7 Å². The van der Waals surface area contributed by atoms with E-state index in [1.807, 2.05) is 43.3 Å². The van der Waals surface area contributed by atoms with Gasteiger partial charge in [0.2, 0.25) is 0 Å². The Morgan fingerprint density at radius 2 is 1.88 bits per heavy atom. The first-order valence-electron chi connectivity index (χ1n) is 10.9. The molecule has 11 nitrogen and oxygen atoms in total. The van der Waals surface area contributed by atoms with Crippen LogP contribution in [-0.2, 0) is 9.47 Å². The highest BCUT2D eigenvalue weighted by Gasteiger charge is 2.50. The molecule has 34 heavy (non-hydrogen) atoms. The number of fused-ring (bicyclic) bond motifs is 1. The number of hydrogen-bond donors (Lipinski definition) is 1. The Kier molecular flexibility index (Phi) is 6.03. The molecule has 11 heteroatoms. The number of amides is 1. The van der Waals surface area contributed by atoms with E-state index in [2.05, 4.69) is 20.8 Å². The van der Waals surface area contributed by atoms with Crippen molar-refractivity contribution in [1.82, 2.24) is 25.5 Å². The Balaban J connectivity index is 1.26. The smallest absolute Gasteiger partial charge is 0.341 e. The molecular formula is C23H26N6O5. The van der Waals surface area contributed by atoms with Gasteiger partial charge in [0.05, 0.1) is 26.4 Å². The first-order chi connectivity index (χ1) is 16.5. The van der Waals surface area contributed by atoms with E-state index in [4.69, 9.17) is 18.9 Å². The van der Waals surface area contributed by atoms with Crippen LogP contribution in [0.2, 0.25) is 0 Å². The third-order valence-electron chi connectivity index (χ3n) is 6.02. The second kappa shape index (κ2) is 9.27. The van der Waals surface area contributed by atoms with Crippen LogP contribution >= 0.6 is 0 Å². The van der Waals surface area contributed by atoms with E-state index in [1.54, 1.807) is 36.1 Å². The van der Waals surface area contributed by atoms with E-state index in [1.165, 1.54) is 0 Å². The molecule has 3 heterocycles. The van der Waals surface area contributed by atoms with Crippen molar-refractivity contribution < 1.29 is 23.7 Å². The molecule has 0 aliphatic carbocycles. The number of rotatable bonds is 7.